The Morgan fingerprint density at radius 2 is 1.94 bits per heavy atom. The van der Waals surface area contributed by atoms with Crippen molar-refractivity contribution in [1.29, 1.82) is 5.26 Å². The first kappa shape index (κ1) is 13.2. The molecule has 1 atom stereocenters. The van der Waals surface area contributed by atoms with Crippen LogP contribution in [0.2, 0.25) is 0 Å². The van der Waals surface area contributed by atoms with Crippen molar-refractivity contribution in [2.24, 2.45) is 0 Å². The Morgan fingerprint density at radius 3 is 2.35 bits per heavy atom. The van der Waals surface area contributed by atoms with Crippen molar-refractivity contribution in [1.82, 2.24) is 5.32 Å². The highest BCUT2D eigenvalue weighted by Crippen LogP contribution is 2.14. The number of carbonyl (C=O) groups is 1. The Balaban J connectivity index is 2.86. The van der Waals surface area contributed by atoms with Crippen molar-refractivity contribution < 1.29 is 9.53 Å². The van der Waals surface area contributed by atoms with Gasteiger partial charge < -0.3 is 4.74 Å². The Bertz CT molecular complexity index is 418. The maximum Gasteiger partial charge on any atom is 0.337 e. The third-order valence-corrected chi connectivity index (χ3v) is 2.29. The molecule has 4 nitrogen and oxygen atoms in total. The molecular formula is C13H16N2O2. The molecule has 17 heavy (non-hydrogen) atoms. The zero-order valence-electron chi connectivity index (χ0n) is 10.2. The summed E-state index contributed by atoms with van der Waals surface area (Å²) in [6, 6.07) is 8.89. The highest BCUT2D eigenvalue weighted by Gasteiger charge is 2.12. The summed E-state index contributed by atoms with van der Waals surface area (Å²) in [5, 5.41) is 12.2. The Kier molecular flexibility index (Phi) is 4.68. The van der Waals surface area contributed by atoms with Crippen LogP contribution in [0.4, 0.5) is 0 Å². The van der Waals surface area contributed by atoms with Crippen molar-refractivity contribution >= 4 is 5.97 Å². The summed E-state index contributed by atoms with van der Waals surface area (Å²) in [5.41, 5.74) is 1.33. The van der Waals surface area contributed by atoms with E-state index in [1.807, 2.05) is 13.8 Å². The lowest BCUT2D eigenvalue weighted by Crippen LogP contribution is -2.27. The largest absolute Gasteiger partial charge is 0.465 e. The van der Waals surface area contributed by atoms with E-state index in [9.17, 15) is 4.79 Å². The molecule has 1 unspecified atom stereocenters. The van der Waals surface area contributed by atoms with E-state index in [-0.39, 0.29) is 18.1 Å². The van der Waals surface area contributed by atoms with Crippen molar-refractivity contribution in [2.75, 3.05) is 7.11 Å². The van der Waals surface area contributed by atoms with Crippen molar-refractivity contribution in [2.45, 2.75) is 25.9 Å². The number of nitriles is 1. The van der Waals surface area contributed by atoms with E-state index in [4.69, 9.17) is 5.26 Å². The van der Waals surface area contributed by atoms with Gasteiger partial charge in [-0.25, -0.2) is 4.79 Å². The summed E-state index contributed by atoms with van der Waals surface area (Å²) in [6.45, 7) is 3.96. The SMILES string of the molecule is COC(=O)c1ccc(C(C#N)NC(C)C)cc1. The minimum Gasteiger partial charge on any atom is -0.465 e. The molecule has 0 aliphatic rings. The van der Waals surface area contributed by atoms with Gasteiger partial charge in [0.25, 0.3) is 0 Å². The van der Waals surface area contributed by atoms with Gasteiger partial charge in [0.05, 0.1) is 18.7 Å². The average molecular weight is 232 g/mol. The van der Waals surface area contributed by atoms with E-state index in [1.165, 1.54) is 7.11 Å². The molecule has 1 aromatic rings. The van der Waals surface area contributed by atoms with Gasteiger partial charge in [-0.15, -0.1) is 0 Å². The van der Waals surface area contributed by atoms with Crippen LogP contribution in [-0.4, -0.2) is 19.1 Å². The molecule has 0 saturated carbocycles. The fourth-order valence-corrected chi connectivity index (χ4v) is 1.47. The molecule has 4 heteroatoms. The third-order valence-electron chi connectivity index (χ3n) is 2.29. The second-order valence-corrected chi connectivity index (χ2v) is 4.00. The number of nitrogens with one attached hydrogen (secondary N) is 1. The molecule has 0 spiro atoms. The normalized spacial score (nSPS) is 11.9. The van der Waals surface area contributed by atoms with Gasteiger partial charge in [-0.2, -0.15) is 5.26 Å². The maximum absolute atomic E-state index is 11.2. The van der Waals surface area contributed by atoms with Crippen LogP contribution in [0.15, 0.2) is 24.3 Å². The lowest BCUT2D eigenvalue weighted by atomic mass is 10.1. The van der Waals surface area contributed by atoms with Crippen LogP contribution in [0.1, 0.15) is 35.8 Å². The van der Waals surface area contributed by atoms with Crippen molar-refractivity contribution in [3.8, 4) is 6.07 Å². The number of carbonyl (C=O) groups excluding carboxylic acids is 1. The number of hydrogen-bond acceptors (Lipinski definition) is 4. The van der Waals surface area contributed by atoms with Crippen LogP contribution < -0.4 is 5.32 Å². The predicted molar refractivity (Wildman–Crippen MR) is 64.4 cm³/mol. The van der Waals surface area contributed by atoms with Gasteiger partial charge >= 0.3 is 5.97 Å². The number of methoxy groups -OCH3 is 1. The monoisotopic (exact) mass is 232 g/mol. The first-order valence-corrected chi connectivity index (χ1v) is 5.42. The summed E-state index contributed by atoms with van der Waals surface area (Å²) in [6.07, 6.45) is 0. The molecule has 0 saturated heterocycles. The van der Waals surface area contributed by atoms with E-state index >= 15 is 0 Å². The number of ether oxygens (including phenoxy) is 1. The Morgan fingerprint density at radius 1 is 1.35 bits per heavy atom. The molecule has 0 bridgehead atoms. The molecular weight excluding hydrogens is 216 g/mol. The van der Waals surface area contributed by atoms with Gasteiger partial charge in [0, 0.05) is 6.04 Å². The van der Waals surface area contributed by atoms with Crippen molar-refractivity contribution in [3.63, 3.8) is 0 Å². The van der Waals surface area contributed by atoms with Crippen LogP contribution in [-0.2, 0) is 4.74 Å². The van der Waals surface area contributed by atoms with Gasteiger partial charge in [0.15, 0.2) is 0 Å². The first-order valence-electron chi connectivity index (χ1n) is 5.42. The highest BCUT2D eigenvalue weighted by atomic mass is 16.5. The molecule has 0 radical (unpaired) electrons. The minimum atomic E-state index is -0.373. The predicted octanol–water partition coefficient (Wildman–Crippen LogP) is 2.04. The van der Waals surface area contributed by atoms with Gasteiger partial charge in [-0.3, -0.25) is 5.32 Å². The number of esters is 1. The van der Waals surface area contributed by atoms with Gasteiger partial charge in [-0.1, -0.05) is 12.1 Å². The summed E-state index contributed by atoms with van der Waals surface area (Å²) in [4.78, 5) is 11.2. The zero-order valence-corrected chi connectivity index (χ0v) is 10.2. The van der Waals surface area contributed by atoms with E-state index in [0.717, 1.165) is 5.56 Å². The molecule has 0 heterocycles. The smallest absolute Gasteiger partial charge is 0.337 e. The van der Waals surface area contributed by atoms with Crippen LogP contribution in [0.5, 0.6) is 0 Å². The lowest BCUT2D eigenvalue weighted by Gasteiger charge is -2.14. The van der Waals surface area contributed by atoms with E-state index in [0.29, 0.717) is 5.56 Å². The summed E-state index contributed by atoms with van der Waals surface area (Å²) in [5.74, 6) is -0.373. The molecule has 0 fully saturated rings. The van der Waals surface area contributed by atoms with Gasteiger partial charge in [0.1, 0.15) is 6.04 Å². The number of benzene rings is 1. The number of hydrogen-bond donors (Lipinski definition) is 1. The van der Waals surface area contributed by atoms with Gasteiger partial charge in [-0.05, 0) is 31.5 Å². The number of nitrogens with zero attached hydrogens (tertiary/aromatic N) is 1. The molecule has 1 N–H and O–H groups in total. The maximum atomic E-state index is 11.2. The van der Waals surface area contributed by atoms with Crippen LogP contribution in [0, 0.1) is 11.3 Å². The van der Waals surface area contributed by atoms with Gasteiger partial charge in [0.2, 0.25) is 0 Å². The van der Waals surface area contributed by atoms with Crippen LogP contribution in [0.3, 0.4) is 0 Å². The molecule has 90 valence electrons. The molecule has 0 aliphatic heterocycles. The van der Waals surface area contributed by atoms with Crippen LogP contribution in [0.25, 0.3) is 0 Å². The summed E-state index contributed by atoms with van der Waals surface area (Å²) < 4.78 is 4.61. The fraction of sp³-hybridized carbons (Fsp3) is 0.385. The summed E-state index contributed by atoms with van der Waals surface area (Å²) in [7, 11) is 1.34. The van der Waals surface area contributed by atoms with E-state index in [2.05, 4.69) is 16.1 Å². The first-order chi connectivity index (χ1) is 8.08. The summed E-state index contributed by atoms with van der Waals surface area (Å²) >= 11 is 0. The Labute approximate surface area is 101 Å². The topological polar surface area (TPSA) is 62.1 Å². The second kappa shape index (κ2) is 6.02. The van der Waals surface area contributed by atoms with E-state index < -0.39 is 0 Å². The molecule has 1 aromatic carbocycles. The quantitative estimate of drug-likeness (QED) is 0.807. The fourth-order valence-electron chi connectivity index (χ4n) is 1.47. The molecule has 0 aromatic heterocycles. The molecule has 0 aliphatic carbocycles. The molecule has 0 amide bonds. The number of rotatable bonds is 4. The standard InChI is InChI=1S/C13H16N2O2/c1-9(2)15-12(8-14)10-4-6-11(7-5-10)13(16)17-3/h4-7,9,12,15H,1-3H3. The average Bonchev–Trinajstić information content (AvgIpc) is 2.35. The minimum absolute atomic E-state index is 0.222. The second-order valence-electron chi connectivity index (χ2n) is 4.00. The zero-order chi connectivity index (χ0) is 12.8. The lowest BCUT2D eigenvalue weighted by molar-refractivity contribution is 0.0600. The van der Waals surface area contributed by atoms with Crippen LogP contribution >= 0.6 is 0 Å². The van der Waals surface area contributed by atoms with E-state index in [1.54, 1.807) is 24.3 Å². The highest BCUT2D eigenvalue weighted by molar-refractivity contribution is 5.89. The van der Waals surface area contributed by atoms with Crippen molar-refractivity contribution in [3.05, 3.63) is 35.4 Å². The third kappa shape index (κ3) is 3.58. The Hall–Kier alpha value is -1.86. The molecule has 1 rings (SSSR count).